The molecule has 3 unspecified atom stereocenters. The molecule has 1 aromatic carbocycles. The minimum absolute atomic E-state index is 0.799. The minimum atomic E-state index is 0.799. The van der Waals surface area contributed by atoms with Crippen molar-refractivity contribution in [3.8, 4) is 0 Å². The average molecular weight is 312 g/mol. The summed E-state index contributed by atoms with van der Waals surface area (Å²) in [7, 11) is 0. The first-order chi connectivity index (χ1) is 11.9. The third kappa shape index (κ3) is 1.22. The molecule has 0 aromatic heterocycles. The van der Waals surface area contributed by atoms with Crippen LogP contribution in [0.25, 0.3) is 16.7 Å². The van der Waals surface area contributed by atoms with Gasteiger partial charge in [0.1, 0.15) is 0 Å². The van der Waals surface area contributed by atoms with Gasteiger partial charge in [-0.25, -0.2) is 0 Å². The Hall–Kier alpha value is -1.56. The molecule has 0 aliphatic heterocycles. The maximum Gasteiger partial charge on any atom is 0.0105 e. The fraction of sp³-hybridized carbons (Fsp3) is 0.500. The highest BCUT2D eigenvalue weighted by Gasteiger charge is 2.52. The zero-order valence-electron chi connectivity index (χ0n) is 14.3. The van der Waals surface area contributed by atoms with Crippen LogP contribution in [0.5, 0.6) is 0 Å². The molecule has 0 saturated carbocycles. The van der Waals surface area contributed by atoms with E-state index in [1.807, 2.05) is 16.7 Å². The van der Waals surface area contributed by atoms with Gasteiger partial charge in [-0.15, -0.1) is 0 Å². The van der Waals surface area contributed by atoms with Crippen LogP contribution in [0.3, 0.4) is 0 Å². The molecule has 24 heavy (non-hydrogen) atoms. The Morgan fingerprint density at radius 1 is 0.500 bits per heavy atom. The van der Waals surface area contributed by atoms with Crippen molar-refractivity contribution in [3.63, 3.8) is 0 Å². The summed E-state index contributed by atoms with van der Waals surface area (Å²) < 4.78 is 0. The minimum Gasteiger partial charge on any atom is -0.0801 e. The van der Waals surface area contributed by atoms with Gasteiger partial charge in [0, 0.05) is 17.8 Å². The number of hydrogen-bond donors (Lipinski definition) is 0. The van der Waals surface area contributed by atoms with E-state index in [0.29, 0.717) is 0 Å². The first kappa shape index (κ1) is 12.8. The van der Waals surface area contributed by atoms with Crippen molar-refractivity contribution >= 4 is 16.7 Å². The normalized spacial score (nSPS) is 33.5. The first-order valence-corrected chi connectivity index (χ1v) is 10.3. The Balaban J connectivity index is 1.57. The van der Waals surface area contributed by atoms with Gasteiger partial charge in [-0.1, -0.05) is 18.2 Å². The van der Waals surface area contributed by atoms with E-state index in [1.54, 1.807) is 33.4 Å². The fourth-order valence-electron chi connectivity index (χ4n) is 6.92. The van der Waals surface area contributed by atoms with E-state index >= 15 is 0 Å². The molecule has 0 fully saturated rings. The molecule has 0 radical (unpaired) electrons. The lowest BCUT2D eigenvalue weighted by Gasteiger charge is -2.54. The van der Waals surface area contributed by atoms with Crippen molar-refractivity contribution in [2.45, 2.75) is 75.5 Å². The summed E-state index contributed by atoms with van der Waals surface area (Å²) in [5, 5.41) is 0. The van der Waals surface area contributed by atoms with Crippen molar-refractivity contribution in [1.82, 2.24) is 0 Å². The van der Waals surface area contributed by atoms with Gasteiger partial charge in [0.2, 0.25) is 0 Å². The molecule has 0 heteroatoms. The van der Waals surface area contributed by atoms with Crippen molar-refractivity contribution in [2.75, 3.05) is 0 Å². The van der Waals surface area contributed by atoms with E-state index in [4.69, 9.17) is 0 Å². The van der Waals surface area contributed by atoms with Crippen molar-refractivity contribution in [3.05, 3.63) is 51.6 Å². The maximum absolute atomic E-state index is 2.60. The smallest absolute Gasteiger partial charge is 0.0105 e. The second-order valence-corrected chi connectivity index (χ2v) is 8.79. The molecular formula is C24H24. The molecule has 0 amide bonds. The third-order valence-corrected chi connectivity index (χ3v) is 7.84. The largest absolute Gasteiger partial charge is 0.0801 e. The van der Waals surface area contributed by atoms with Crippen LogP contribution in [0.4, 0.5) is 0 Å². The van der Waals surface area contributed by atoms with Crippen LogP contribution in [0.15, 0.2) is 18.2 Å². The highest BCUT2D eigenvalue weighted by molar-refractivity contribution is 6.06. The van der Waals surface area contributed by atoms with Crippen LogP contribution in [0.1, 0.15) is 109 Å². The molecule has 0 bridgehead atoms. The Kier molecular flexibility index (Phi) is 2.21. The summed E-state index contributed by atoms with van der Waals surface area (Å²) in [6.07, 6.45) is 20.2. The summed E-state index contributed by atoms with van der Waals surface area (Å²) in [4.78, 5) is 0. The standard InChI is InChI=1S/C24H24/c1-2-8-14-13(7-1)19-20(14)22-17-11-5-6-12-18(17)24(22)23-16-10-4-3-9-15(16)21(19)23/h7,10-11,14-15,18H,1-6,8-9,12H2. The predicted octanol–water partition coefficient (Wildman–Crippen LogP) is 6.68. The monoisotopic (exact) mass is 312 g/mol. The lowest BCUT2D eigenvalue weighted by molar-refractivity contribution is 0.581. The van der Waals surface area contributed by atoms with Crippen LogP contribution < -0.4 is 0 Å². The number of fused-ring (bicyclic) bond motifs is 15. The van der Waals surface area contributed by atoms with Gasteiger partial charge in [0.15, 0.2) is 0 Å². The molecule has 7 rings (SSSR count). The zero-order chi connectivity index (χ0) is 15.4. The summed E-state index contributed by atoms with van der Waals surface area (Å²) in [5.74, 6) is 2.40. The van der Waals surface area contributed by atoms with Gasteiger partial charge in [-0.05, 0) is 108 Å². The van der Waals surface area contributed by atoms with Gasteiger partial charge in [0.05, 0.1) is 0 Å². The molecule has 0 N–H and O–H groups in total. The fourth-order valence-corrected chi connectivity index (χ4v) is 6.92. The lowest BCUT2D eigenvalue weighted by atomic mass is 9.49. The van der Waals surface area contributed by atoms with E-state index in [0.717, 1.165) is 17.8 Å². The maximum atomic E-state index is 2.60. The zero-order valence-corrected chi connectivity index (χ0v) is 14.3. The second kappa shape index (κ2) is 4.15. The highest BCUT2D eigenvalue weighted by Crippen LogP contribution is 2.70. The van der Waals surface area contributed by atoms with Crippen LogP contribution in [0.2, 0.25) is 0 Å². The molecule has 0 spiro atoms. The molecule has 1 aromatic rings. The second-order valence-electron chi connectivity index (χ2n) is 8.79. The van der Waals surface area contributed by atoms with E-state index in [1.165, 1.54) is 57.8 Å². The topological polar surface area (TPSA) is 0 Å². The Labute approximate surface area is 144 Å². The quantitative estimate of drug-likeness (QED) is 0.501. The summed E-state index contributed by atoms with van der Waals surface area (Å²) in [6.45, 7) is 0. The Morgan fingerprint density at radius 2 is 0.833 bits per heavy atom. The Bertz CT molecular complexity index is 764. The number of benzene rings is 1. The highest BCUT2D eigenvalue weighted by atomic mass is 14.6. The van der Waals surface area contributed by atoms with Gasteiger partial charge in [-0.3, -0.25) is 0 Å². The van der Waals surface area contributed by atoms with Crippen molar-refractivity contribution < 1.29 is 0 Å². The number of allylic oxidation sites excluding steroid dienone is 6. The summed E-state index contributed by atoms with van der Waals surface area (Å²) in [5.41, 5.74) is 15.9. The Morgan fingerprint density at radius 3 is 1.17 bits per heavy atom. The molecule has 3 atom stereocenters. The van der Waals surface area contributed by atoms with Gasteiger partial charge < -0.3 is 0 Å². The molecule has 0 saturated heterocycles. The van der Waals surface area contributed by atoms with Crippen LogP contribution in [0, 0.1) is 0 Å². The van der Waals surface area contributed by atoms with E-state index in [2.05, 4.69) is 18.2 Å². The molecule has 6 aliphatic carbocycles. The number of hydrogen-bond acceptors (Lipinski definition) is 0. The number of rotatable bonds is 0. The van der Waals surface area contributed by atoms with Crippen molar-refractivity contribution in [2.24, 2.45) is 0 Å². The predicted molar refractivity (Wildman–Crippen MR) is 100 cm³/mol. The third-order valence-electron chi connectivity index (χ3n) is 7.84. The SMILES string of the molecule is C1=C2c3c(c4c(c5c3C3CCCC=C53)C3CCCC=C43)C2CCC1. The summed E-state index contributed by atoms with van der Waals surface area (Å²) >= 11 is 0. The lowest BCUT2D eigenvalue weighted by Crippen LogP contribution is -2.37. The van der Waals surface area contributed by atoms with Crippen LogP contribution in [-0.2, 0) is 0 Å². The molecule has 0 heterocycles. The van der Waals surface area contributed by atoms with Crippen LogP contribution in [-0.4, -0.2) is 0 Å². The van der Waals surface area contributed by atoms with Gasteiger partial charge in [-0.2, -0.15) is 0 Å². The van der Waals surface area contributed by atoms with E-state index in [9.17, 15) is 0 Å². The first-order valence-electron chi connectivity index (χ1n) is 10.3. The van der Waals surface area contributed by atoms with E-state index in [-0.39, 0.29) is 0 Å². The van der Waals surface area contributed by atoms with Crippen LogP contribution >= 0.6 is 0 Å². The molecular weight excluding hydrogens is 288 g/mol. The molecule has 0 nitrogen and oxygen atoms in total. The van der Waals surface area contributed by atoms with E-state index < -0.39 is 0 Å². The van der Waals surface area contributed by atoms with Gasteiger partial charge in [0.25, 0.3) is 0 Å². The molecule has 120 valence electrons. The van der Waals surface area contributed by atoms with Crippen molar-refractivity contribution in [1.29, 1.82) is 0 Å². The average Bonchev–Trinajstić information content (AvgIpc) is 2.62. The molecule has 6 aliphatic rings. The summed E-state index contributed by atoms with van der Waals surface area (Å²) in [6, 6.07) is 0. The van der Waals surface area contributed by atoms with Gasteiger partial charge >= 0.3 is 0 Å².